The molecule has 0 aromatic heterocycles. The fourth-order valence-electron chi connectivity index (χ4n) is 2.83. The molecule has 0 bridgehead atoms. The van der Waals surface area contributed by atoms with Crippen molar-refractivity contribution < 1.29 is 24.4 Å². The lowest BCUT2D eigenvalue weighted by atomic mass is 10.1. The number of carbonyl (C=O) groups is 3. The Labute approximate surface area is 153 Å². The van der Waals surface area contributed by atoms with Gasteiger partial charge in [0.05, 0.1) is 16.4 Å². The van der Waals surface area contributed by atoms with E-state index in [-0.39, 0.29) is 36.0 Å². The molecule has 2 aromatic carbocycles. The fourth-order valence-corrected chi connectivity index (χ4v) is 2.83. The zero-order valence-corrected chi connectivity index (χ0v) is 14.0. The Hall–Kier alpha value is -3.75. The quantitative estimate of drug-likeness (QED) is 0.614. The highest BCUT2D eigenvalue weighted by Crippen LogP contribution is 2.27. The second kappa shape index (κ2) is 7.24. The molecule has 9 heteroatoms. The molecule has 9 nitrogen and oxygen atoms in total. The Morgan fingerprint density at radius 3 is 2.30 bits per heavy atom. The number of benzene rings is 2. The Bertz CT molecular complexity index is 908. The second-order valence-electron chi connectivity index (χ2n) is 6.05. The summed E-state index contributed by atoms with van der Waals surface area (Å²) in [6.45, 7) is 0.162. The summed E-state index contributed by atoms with van der Waals surface area (Å²) in [6.07, 6.45) is 0.0238. The predicted octanol–water partition coefficient (Wildman–Crippen LogP) is 2.28. The van der Waals surface area contributed by atoms with Gasteiger partial charge < -0.3 is 15.3 Å². The molecule has 0 unspecified atom stereocenters. The smallest absolute Gasteiger partial charge is 0.335 e. The molecule has 1 heterocycles. The lowest BCUT2D eigenvalue weighted by Crippen LogP contribution is -2.28. The van der Waals surface area contributed by atoms with Crippen molar-refractivity contribution in [1.29, 1.82) is 0 Å². The lowest BCUT2D eigenvalue weighted by molar-refractivity contribution is -0.384. The molecule has 0 spiro atoms. The molecule has 1 atom stereocenters. The summed E-state index contributed by atoms with van der Waals surface area (Å²) >= 11 is 0. The van der Waals surface area contributed by atoms with Gasteiger partial charge in [-0.15, -0.1) is 0 Å². The number of nitrogens with zero attached hydrogens (tertiary/aromatic N) is 2. The maximum Gasteiger partial charge on any atom is 0.335 e. The van der Waals surface area contributed by atoms with Gasteiger partial charge in [0.2, 0.25) is 11.8 Å². The van der Waals surface area contributed by atoms with E-state index in [1.165, 1.54) is 53.4 Å². The molecule has 2 amide bonds. The number of hydrogen-bond donors (Lipinski definition) is 2. The number of nitrogens with one attached hydrogen (secondary N) is 1. The van der Waals surface area contributed by atoms with Crippen LogP contribution in [0.2, 0.25) is 0 Å². The fraction of sp³-hybridized carbons (Fsp3) is 0.167. The minimum absolute atomic E-state index is 0.0238. The van der Waals surface area contributed by atoms with Crippen LogP contribution in [0, 0.1) is 16.0 Å². The van der Waals surface area contributed by atoms with Crippen molar-refractivity contribution in [2.45, 2.75) is 6.42 Å². The van der Waals surface area contributed by atoms with Crippen LogP contribution in [0.4, 0.5) is 17.1 Å². The normalized spacial score (nSPS) is 16.2. The van der Waals surface area contributed by atoms with Crippen molar-refractivity contribution >= 4 is 34.8 Å². The number of carboxylic acids is 1. The van der Waals surface area contributed by atoms with E-state index in [4.69, 9.17) is 5.11 Å². The third-order valence-electron chi connectivity index (χ3n) is 4.27. The molecule has 3 rings (SSSR count). The Morgan fingerprint density at radius 1 is 1.11 bits per heavy atom. The van der Waals surface area contributed by atoms with Crippen molar-refractivity contribution in [1.82, 2.24) is 0 Å². The lowest BCUT2D eigenvalue weighted by Gasteiger charge is -2.16. The van der Waals surface area contributed by atoms with Crippen molar-refractivity contribution in [3.8, 4) is 0 Å². The van der Waals surface area contributed by atoms with E-state index < -0.39 is 16.8 Å². The van der Waals surface area contributed by atoms with Crippen LogP contribution >= 0.6 is 0 Å². The molecular formula is C18H15N3O6. The first-order chi connectivity index (χ1) is 12.8. The summed E-state index contributed by atoms with van der Waals surface area (Å²) in [5, 5.41) is 22.3. The molecule has 0 radical (unpaired) electrons. The largest absolute Gasteiger partial charge is 0.478 e. The number of anilines is 2. The Balaban J connectivity index is 1.66. The van der Waals surface area contributed by atoms with Crippen molar-refractivity contribution in [2.75, 3.05) is 16.8 Å². The average Bonchev–Trinajstić information content (AvgIpc) is 3.04. The summed E-state index contributed by atoms with van der Waals surface area (Å²) in [6, 6.07) is 11.3. The molecule has 1 fully saturated rings. The molecule has 2 aromatic rings. The number of rotatable bonds is 5. The van der Waals surface area contributed by atoms with Gasteiger partial charge in [-0.1, -0.05) is 0 Å². The van der Waals surface area contributed by atoms with Crippen molar-refractivity contribution in [3.63, 3.8) is 0 Å². The standard InChI is InChI=1S/C18H15N3O6/c22-16-9-12(10-20(16)14-5-7-15(8-6-14)21(26)27)17(23)19-13-3-1-11(2-4-13)18(24)25/h1-8,12H,9-10H2,(H,19,23)(H,24,25)/t12-/m1/s1. The number of non-ortho nitro benzene ring substituents is 1. The van der Waals surface area contributed by atoms with Gasteiger partial charge in [-0.3, -0.25) is 19.7 Å². The van der Waals surface area contributed by atoms with E-state index in [2.05, 4.69) is 5.32 Å². The third kappa shape index (κ3) is 3.92. The van der Waals surface area contributed by atoms with Crippen LogP contribution in [0.25, 0.3) is 0 Å². The molecular weight excluding hydrogens is 354 g/mol. The number of aromatic carboxylic acids is 1. The number of carbonyl (C=O) groups excluding carboxylic acids is 2. The number of carboxylic acid groups (broad SMARTS) is 1. The van der Waals surface area contributed by atoms with E-state index in [0.29, 0.717) is 11.4 Å². The molecule has 0 saturated carbocycles. The second-order valence-corrected chi connectivity index (χ2v) is 6.05. The zero-order valence-electron chi connectivity index (χ0n) is 14.0. The number of nitro benzene ring substituents is 1. The van der Waals surface area contributed by atoms with Gasteiger partial charge in [0, 0.05) is 36.5 Å². The first-order valence-corrected chi connectivity index (χ1v) is 8.04. The molecule has 27 heavy (non-hydrogen) atoms. The summed E-state index contributed by atoms with van der Waals surface area (Å²) in [5.74, 6) is -2.24. The number of nitro groups is 1. The van der Waals surface area contributed by atoms with Gasteiger partial charge in [-0.25, -0.2) is 4.79 Å². The van der Waals surface area contributed by atoms with E-state index in [9.17, 15) is 24.5 Å². The number of amides is 2. The number of hydrogen-bond acceptors (Lipinski definition) is 5. The Kier molecular flexibility index (Phi) is 4.84. The van der Waals surface area contributed by atoms with Crippen molar-refractivity contribution in [2.24, 2.45) is 5.92 Å². The van der Waals surface area contributed by atoms with Crippen LogP contribution in [0.1, 0.15) is 16.8 Å². The van der Waals surface area contributed by atoms with E-state index in [1.807, 2.05) is 0 Å². The highest BCUT2D eigenvalue weighted by Gasteiger charge is 2.35. The summed E-state index contributed by atoms with van der Waals surface area (Å²) in [5.41, 5.74) is 0.954. The van der Waals surface area contributed by atoms with Crippen LogP contribution < -0.4 is 10.2 Å². The monoisotopic (exact) mass is 369 g/mol. The van der Waals surface area contributed by atoms with E-state index >= 15 is 0 Å². The molecule has 0 aliphatic carbocycles. The van der Waals surface area contributed by atoms with Crippen LogP contribution in [-0.2, 0) is 9.59 Å². The van der Waals surface area contributed by atoms with Gasteiger partial charge >= 0.3 is 5.97 Å². The Morgan fingerprint density at radius 2 is 1.74 bits per heavy atom. The first-order valence-electron chi connectivity index (χ1n) is 8.04. The van der Waals surface area contributed by atoms with Crippen LogP contribution in [0.5, 0.6) is 0 Å². The molecule has 1 saturated heterocycles. The zero-order chi connectivity index (χ0) is 19.6. The molecule has 2 N–H and O–H groups in total. The average molecular weight is 369 g/mol. The first kappa shape index (κ1) is 18.1. The summed E-state index contributed by atoms with van der Waals surface area (Å²) < 4.78 is 0. The predicted molar refractivity (Wildman–Crippen MR) is 95.6 cm³/mol. The maximum absolute atomic E-state index is 12.4. The SMILES string of the molecule is O=C(O)c1ccc(NC(=O)[C@@H]2CC(=O)N(c3ccc([N+](=O)[O-])cc3)C2)cc1. The minimum atomic E-state index is -1.06. The highest BCUT2D eigenvalue weighted by atomic mass is 16.6. The van der Waals surface area contributed by atoms with Crippen molar-refractivity contribution in [3.05, 3.63) is 64.2 Å². The highest BCUT2D eigenvalue weighted by molar-refractivity contribution is 6.03. The van der Waals surface area contributed by atoms with Gasteiger partial charge in [-0.2, -0.15) is 0 Å². The van der Waals surface area contributed by atoms with Gasteiger partial charge in [0.25, 0.3) is 5.69 Å². The summed E-state index contributed by atoms with van der Waals surface area (Å²) in [7, 11) is 0. The molecule has 1 aliphatic heterocycles. The van der Waals surface area contributed by atoms with E-state index in [0.717, 1.165) is 0 Å². The third-order valence-corrected chi connectivity index (χ3v) is 4.27. The topological polar surface area (TPSA) is 130 Å². The van der Waals surface area contributed by atoms with Crippen LogP contribution in [0.15, 0.2) is 48.5 Å². The van der Waals surface area contributed by atoms with Gasteiger partial charge in [0.1, 0.15) is 0 Å². The minimum Gasteiger partial charge on any atom is -0.478 e. The summed E-state index contributed by atoms with van der Waals surface area (Å²) in [4.78, 5) is 47.1. The van der Waals surface area contributed by atoms with Gasteiger partial charge in [0.15, 0.2) is 0 Å². The molecule has 1 aliphatic rings. The maximum atomic E-state index is 12.4. The van der Waals surface area contributed by atoms with Crippen LogP contribution in [-0.4, -0.2) is 34.4 Å². The van der Waals surface area contributed by atoms with Crippen LogP contribution in [0.3, 0.4) is 0 Å². The van der Waals surface area contributed by atoms with Gasteiger partial charge in [-0.05, 0) is 36.4 Å². The van der Waals surface area contributed by atoms with E-state index in [1.54, 1.807) is 0 Å². The molecule has 138 valence electrons.